The maximum atomic E-state index is 12.2. The Morgan fingerprint density at radius 3 is 2.61 bits per heavy atom. The summed E-state index contributed by atoms with van der Waals surface area (Å²) in [7, 11) is 0. The molecule has 9 heteroatoms. The van der Waals surface area contributed by atoms with Crippen molar-refractivity contribution in [2.75, 3.05) is 32.8 Å². The van der Waals surface area contributed by atoms with E-state index in [1.165, 1.54) is 0 Å². The van der Waals surface area contributed by atoms with Gasteiger partial charge in [-0.05, 0) is 6.42 Å². The van der Waals surface area contributed by atoms with Crippen molar-refractivity contribution in [1.29, 1.82) is 0 Å². The van der Waals surface area contributed by atoms with E-state index in [4.69, 9.17) is 4.74 Å². The van der Waals surface area contributed by atoms with Crippen LogP contribution in [0.4, 0.5) is 4.79 Å². The number of hydrogen-bond acceptors (Lipinski definition) is 5. The standard InChI is InChI=1S/C14H26N4O5/c1-2-3-4-5-12(10-18(22)11-19)13(20)15-16-14(21)17-6-8-23-9-7-17/h11-12,22H,2-10H2,1H3,(H,15,20)(H,16,21). The van der Waals surface area contributed by atoms with Gasteiger partial charge in [-0.1, -0.05) is 26.2 Å². The van der Waals surface area contributed by atoms with Gasteiger partial charge < -0.3 is 9.64 Å². The SMILES string of the molecule is CCCCCC(CN(O)C=O)C(=O)NNC(=O)N1CCOCC1. The van der Waals surface area contributed by atoms with Crippen molar-refractivity contribution in [3.8, 4) is 0 Å². The molecular weight excluding hydrogens is 304 g/mol. The molecule has 0 aromatic heterocycles. The quantitative estimate of drug-likeness (QED) is 0.253. The lowest BCUT2D eigenvalue weighted by Gasteiger charge is -2.27. The van der Waals surface area contributed by atoms with Gasteiger partial charge in [0.25, 0.3) is 0 Å². The Balaban J connectivity index is 2.43. The molecule has 9 nitrogen and oxygen atoms in total. The van der Waals surface area contributed by atoms with Crippen molar-refractivity contribution in [1.82, 2.24) is 20.8 Å². The first-order valence-electron chi connectivity index (χ1n) is 7.91. The zero-order valence-electron chi connectivity index (χ0n) is 13.5. The van der Waals surface area contributed by atoms with Crippen LogP contribution in [-0.4, -0.2) is 66.4 Å². The maximum absolute atomic E-state index is 12.2. The molecule has 1 aliphatic heterocycles. The second kappa shape index (κ2) is 10.8. The second-order valence-electron chi connectivity index (χ2n) is 5.44. The molecule has 1 saturated heterocycles. The number of hydrazine groups is 1. The number of carbonyl (C=O) groups is 3. The van der Waals surface area contributed by atoms with Gasteiger partial charge in [0.15, 0.2) is 0 Å². The summed E-state index contributed by atoms with van der Waals surface area (Å²) >= 11 is 0. The van der Waals surface area contributed by atoms with Crippen LogP contribution in [0.3, 0.4) is 0 Å². The lowest BCUT2D eigenvalue weighted by Crippen LogP contribution is -2.53. The zero-order chi connectivity index (χ0) is 17.1. The van der Waals surface area contributed by atoms with E-state index in [0.29, 0.717) is 37.8 Å². The van der Waals surface area contributed by atoms with Crippen LogP contribution in [0.15, 0.2) is 0 Å². The first-order valence-corrected chi connectivity index (χ1v) is 7.91. The highest BCUT2D eigenvalue weighted by molar-refractivity contribution is 5.83. The number of unbranched alkanes of at least 4 members (excludes halogenated alkanes) is 2. The van der Waals surface area contributed by atoms with E-state index in [1.807, 2.05) is 6.92 Å². The van der Waals surface area contributed by atoms with Crippen LogP contribution >= 0.6 is 0 Å². The van der Waals surface area contributed by atoms with Crippen molar-refractivity contribution in [2.45, 2.75) is 32.6 Å². The molecule has 1 heterocycles. The first kappa shape index (κ1) is 19.2. The monoisotopic (exact) mass is 330 g/mol. The van der Waals surface area contributed by atoms with Crippen LogP contribution in [0.25, 0.3) is 0 Å². The van der Waals surface area contributed by atoms with Crippen molar-refractivity contribution in [2.24, 2.45) is 5.92 Å². The Morgan fingerprint density at radius 2 is 2.00 bits per heavy atom. The number of rotatable bonds is 8. The normalized spacial score (nSPS) is 15.7. The summed E-state index contributed by atoms with van der Waals surface area (Å²) in [5, 5.41) is 9.74. The Morgan fingerprint density at radius 1 is 1.30 bits per heavy atom. The van der Waals surface area contributed by atoms with E-state index < -0.39 is 17.9 Å². The molecule has 1 atom stereocenters. The van der Waals surface area contributed by atoms with Gasteiger partial charge in [0, 0.05) is 13.1 Å². The predicted molar refractivity (Wildman–Crippen MR) is 81.3 cm³/mol. The van der Waals surface area contributed by atoms with Crippen LogP contribution < -0.4 is 10.9 Å². The molecule has 132 valence electrons. The third-order valence-corrected chi connectivity index (χ3v) is 3.65. The molecule has 1 unspecified atom stereocenters. The summed E-state index contributed by atoms with van der Waals surface area (Å²) in [5.41, 5.74) is 4.72. The fraction of sp³-hybridized carbons (Fsp3) is 0.786. The molecule has 4 amide bonds. The summed E-state index contributed by atoms with van der Waals surface area (Å²) in [6, 6.07) is -0.398. The Hall–Kier alpha value is -1.87. The Kier molecular flexibility index (Phi) is 9.00. The summed E-state index contributed by atoms with van der Waals surface area (Å²) < 4.78 is 5.15. The van der Waals surface area contributed by atoms with E-state index >= 15 is 0 Å². The van der Waals surface area contributed by atoms with E-state index in [2.05, 4.69) is 10.9 Å². The van der Waals surface area contributed by atoms with Crippen molar-refractivity contribution in [3.05, 3.63) is 0 Å². The summed E-state index contributed by atoms with van der Waals surface area (Å²) in [6.45, 7) is 3.82. The van der Waals surface area contributed by atoms with Crippen molar-refractivity contribution in [3.63, 3.8) is 0 Å². The molecule has 0 aliphatic carbocycles. The van der Waals surface area contributed by atoms with Crippen molar-refractivity contribution >= 4 is 18.3 Å². The van der Waals surface area contributed by atoms with Gasteiger partial charge in [0.05, 0.1) is 25.7 Å². The minimum atomic E-state index is -0.582. The zero-order valence-corrected chi connectivity index (χ0v) is 13.5. The number of nitrogens with zero attached hydrogens (tertiary/aromatic N) is 2. The van der Waals surface area contributed by atoms with Crippen LogP contribution in [0.5, 0.6) is 0 Å². The van der Waals surface area contributed by atoms with Crippen LogP contribution in [0.2, 0.25) is 0 Å². The molecule has 1 fully saturated rings. The third-order valence-electron chi connectivity index (χ3n) is 3.65. The number of hydrogen-bond donors (Lipinski definition) is 3. The topological polar surface area (TPSA) is 111 Å². The fourth-order valence-corrected chi connectivity index (χ4v) is 2.28. The van der Waals surface area contributed by atoms with Gasteiger partial charge in [0.1, 0.15) is 0 Å². The number of nitrogens with one attached hydrogen (secondary N) is 2. The molecule has 0 aromatic carbocycles. The molecule has 3 N–H and O–H groups in total. The van der Waals surface area contributed by atoms with E-state index in [1.54, 1.807) is 4.90 Å². The Bertz CT molecular complexity index is 387. The molecule has 23 heavy (non-hydrogen) atoms. The highest BCUT2D eigenvalue weighted by Crippen LogP contribution is 2.11. The van der Waals surface area contributed by atoms with Gasteiger partial charge in [-0.15, -0.1) is 0 Å². The van der Waals surface area contributed by atoms with Gasteiger partial charge in [0.2, 0.25) is 12.3 Å². The summed E-state index contributed by atoms with van der Waals surface area (Å²) in [6.07, 6.45) is 3.54. The first-order chi connectivity index (χ1) is 11.1. The lowest BCUT2D eigenvalue weighted by atomic mass is 10.0. The summed E-state index contributed by atoms with van der Waals surface area (Å²) in [5.74, 6) is -1.01. The summed E-state index contributed by atoms with van der Waals surface area (Å²) in [4.78, 5) is 36.1. The number of hydroxylamine groups is 2. The maximum Gasteiger partial charge on any atom is 0.336 e. The van der Waals surface area contributed by atoms with Crippen LogP contribution in [0.1, 0.15) is 32.6 Å². The van der Waals surface area contributed by atoms with Gasteiger partial charge in [-0.25, -0.2) is 15.3 Å². The van der Waals surface area contributed by atoms with Gasteiger partial charge >= 0.3 is 6.03 Å². The highest BCUT2D eigenvalue weighted by atomic mass is 16.5. The third kappa shape index (κ3) is 7.29. The van der Waals surface area contributed by atoms with Gasteiger partial charge in [-0.2, -0.15) is 0 Å². The smallest absolute Gasteiger partial charge is 0.336 e. The highest BCUT2D eigenvalue weighted by Gasteiger charge is 2.22. The number of urea groups is 1. The molecule has 0 spiro atoms. The van der Waals surface area contributed by atoms with E-state index in [9.17, 15) is 19.6 Å². The number of morpholine rings is 1. The van der Waals surface area contributed by atoms with Crippen LogP contribution in [0, 0.1) is 5.92 Å². The fourth-order valence-electron chi connectivity index (χ4n) is 2.28. The van der Waals surface area contributed by atoms with E-state index in [0.717, 1.165) is 19.3 Å². The second-order valence-corrected chi connectivity index (χ2v) is 5.44. The minimum absolute atomic E-state index is 0.105. The Labute approximate surface area is 135 Å². The predicted octanol–water partition coefficient (Wildman–Crippen LogP) is 0.104. The molecule has 0 radical (unpaired) electrons. The molecule has 0 aromatic rings. The van der Waals surface area contributed by atoms with E-state index in [-0.39, 0.29) is 13.0 Å². The number of amides is 4. The number of ether oxygens (including phenoxy) is 1. The van der Waals surface area contributed by atoms with Crippen LogP contribution in [-0.2, 0) is 14.3 Å². The number of carbonyl (C=O) groups excluding carboxylic acids is 3. The molecule has 1 rings (SSSR count). The molecular formula is C14H26N4O5. The average molecular weight is 330 g/mol. The van der Waals surface area contributed by atoms with Gasteiger partial charge in [-0.3, -0.25) is 20.2 Å². The minimum Gasteiger partial charge on any atom is -0.378 e. The lowest BCUT2D eigenvalue weighted by molar-refractivity contribution is -0.154. The largest absolute Gasteiger partial charge is 0.378 e. The molecule has 0 saturated carbocycles. The molecule has 0 bridgehead atoms. The van der Waals surface area contributed by atoms with Crippen molar-refractivity contribution < 1.29 is 24.3 Å². The molecule has 1 aliphatic rings. The average Bonchev–Trinajstić information content (AvgIpc) is 2.59.